The van der Waals surface area contributed by atoms with Crippen LogP contribution in [-0.2, 0) is 14.8 Å². The first-order valence-electron chi connectivity index (χ1n) is 10.0. The molecule has 1 unspecified atom stereocenters. The number of sulfonamides is 1. The molecule has 0 aliphatic heterocycles. The van der Waals surface area contributed by atoms with Gasteiger partial charge in [0.25, 0.3) is 0 Å². The van der Waals surface area contributed by atoms with Crippen LogP contribution in [0.5, 0.6) is 11.6 Å². The molecule has 9 nitrogen and oxygen atoms in total. The summed E-state index contributed by atoms with van der Waals surface area (Å²) in [4.78, 5) is 12.5. The van der Waals surface area contributed by atoms with Gasteiger partial charge in [0.2, 0.25) is 21.8 Å². The highest BCUT2D eigenvalue weighted by Crippen LogP contribution is 2.27. The average Bonchev–Trinajstić information content (AvgIpc) is 2.84. The zero-order valence-electron chi connectivity index (χ0n) is 17.6. The van der Waals surface area contributed by atoms with Crippen LogP contribution in [0.1, 0.15) is 0 Å². The number of hydrogen-bond acceptors (Lipinski definition) is 7. The fourth-order valence-corrected chi connectivity index (χ4v) is 4.52. The number of nitrogens with one attached hydrogen (secondary N) is 2. The molecule has 0 fully saturated rings. The van der Waals surface area contributed by atoms with Crippen molar-refractivity contribution in [1.82, 2.24) is 14.9 Å². The van der Waals surface area contributed by atoms with Crippen molar-refractivity contribution in [2.24, 2.45) is 0 Å². The molecule has 3 aromatic carbocycles. The number of anilines is 1. The van der Waals surface area contributed by atoms with Gasteiger partial charge in [0, 0.05) is 20.9 Å². The molecule has 1 heterocycles. The fourth-order valence-electron chi connectivity index (χ4n) is 3.07. The number of aliphatic hydroxyl groups excluding tert-OH is 1. The van der Waals surface area contributed by atoms with Gasteiger partial charge in [0.15, 0.2) is 0 Å². The Morgan fingerprint density at radius 3 is 2.44 bits per heavy atom. The van der Waals surface area contributed by atoms with Gasteiger partial charge in [-0.05, 0) is 54.6 Å². The molecule has 4 aromatic rings. The minimum Gasteiger partial charge on any atom is -0.437 e. The Morgan fingerprint density at radius 1 is 1.03 bits per heavy atom. The molecule has 0 bridgehead atoms. The Balaban J connectivity index is 1.42. The number of amides is 1. The second-order valence-electron chi connectivity index (χ2n) is 7.16. The van der Waals surface area contributed by atoms with Gasteiger partial charge in [-0.3, -0.25) is 4.79 Å². The molecule has 1 amide bonds. The summed E-state index contributed by atoms with van der Waals surface area (Å²) in [5, 5.41) is 21.8. The second kappa shape index (κ2) is 10.3. The minimum atomic E-state index is -4.01. The first kappa shape index (κ1) is 23.8. The molecule has 3 N–H and O–H groups in total. The number of aromatic nitrogens is 2. The van der Waals surface area contributed by atoms with Crippen molar-refractivity contribution >= 4 is 48.3 Å². The number of fused-ring (bicyclic) bond motifs is 1. The van der Waals surface area contributed by atoms with Crippen LogP contribution in [0.15, 0.2) is 88.4 Å². The maximum absolute atomic E-state index is 12.6. The molecule has 1 aromatic heterocycles. The Kier molecular flexibility index (Phi) is 7.17. The van der Waals surface area contributed by atoms with E-state index in [1.54, 1.807) is 42.6 Å². The summed E-state index contributed by atoms with van der Waals surface area (Å²) in [7, 11) is -4.01. The smallest absolute Gasteiger partial charge is 0.246 e. The molecule has 4 rings (SSSR count). The first-order valence-corrected chi connectivity index (χ1v) is 12.3. The molecule has 0 radical (unpaired) electrons. The summed E-state index contributed by atoms with van der Waals surface area (Å²) in [6.07, 6.45) is 1.64. The van der Waals surface area contributed by atoms with E-state index in [9.17, 15) is 18.3 Å². The van der Waals surface area contributed by atoms with Crippen LogP contribution in [-0.4, -0.2) is 42.3 Å². The summed E-state index contributed by atoms with van der Waals surface area (Å²) in [6.45, 7) is -0.720. The quantitative estimate of drug-likeness (QED) is 0.310. The van der Waals surface area contributed by atoms with Crippen LogP contribution in [0.4, 0.5) is 5.69 Å². The predicted molar refractivity (Wildman–Crippen MR) is 130 cm³/mol. The summed E-state index contributed by atoms with van der Waals surface area (Å²) in [6, 6.07) is 18.5. The third-order valence-corrected chi connectivity index (χ3v) is 6.81. The fraction of sp³-hybridized carbons (Fsp3) is 0.0870. The van der Waals surface area contributed by atoms with E-state index in [0.717, 1.165) is 10.8 Å². The second-order valence-corrected chi connectivity index (χ2v) is 9.79. The van der Waals surface area contributed by atoms with Gasteiger partial charge in [-0.2, -0.15) is 9.82 Å². The Bertz CT molecular complexity index is 1410. The van der Waals surface area contributed by atoms with Crippen molar-refractivity contribution in [3.8, 4) is 11.6 Å². The van der Waals surface area contributed by atoms with Crippen LogP contribution < -0.4 is 14.8 Å². The largest absolute Gasteiger partial charge is 0.437 e. The number of carbonyl (C=O) groups is 1. The van der Waals surface area contributed by atoms with Gasteiger partial charge < -0.3 is 15.2 Å². The molecule has 34 heavy (non-hydrogen) atoms. The number of carbonyl (C=O) groups excluding carboxylic acids is 1. The summed E-state index contributed by atoms with van der Waals surface area (Å²) in [5.41, 5.74) is 0.391. The van der Waals surface area contributed by atoms with E-state index >= 15 is 0 Å². The summed E-state index contributed by atoms with van der Waals surface area (Å²) in [5.74, 6) is 0.104. The van der Waals surface area contributed by atoms with Crippen molar-refractivity contribution in [3.63, 3.8) is 0 Å². The number of rotatable bonds is 8. The number of benzene rings is 3. The van der Waals surface area contributed by atoms with Crippen molar-refractivity contribution in [3.05, 3.63) is 83.5 Å². The monoisotopic (exact) mass is 542 g/mol. The lowest BCUT2D eigenvalue weighted by molar-refractivity contribution is -0.118. The molecule has 11 heteroatoms. The van der Waals surface area contributed by atoms with E-state index in [4.69, 9.17) is 4.74 Å². The highest BCUT2D eigenvalue weighted by Gasteiger charge is 2.25. The van der Waals surface area contributed by atoms with Crippen LogP contribution in [0, 0.1) is 0 Å². The molecular formula is C23H19BrN4O5S. The molecule has 0 saturated carbocycles. The first-order chi connectivity index (χ1) is 16.4. The van der Waals surface area contributed by atoms with E-state index < -0.39 is 28.6 Å². The van der Waals surface area contributed by atoms with Gasteiger partial charge >= 0.3 is 0 Å². The van der Waals surface area contributed by atoms with Gasteiger partial charge in [0.1, 0.15) is 11.8 Å². The minimum absolute atomic E-state index is 0.0278. The number of nitrogens with zero attached hydrogens (tertiary/aromatic N) is 2. The number of aliphatic hydroxyl groups is 1. The van der Waals surface area contributed by atoms with Crippen LogP contribution in [0.25, 0.3) is 10.8 Å². The average molecular weight is 543 g/mol. The van der Waals surface area contributed by atoms with Crippen molar-refractivity contribution in [1.29, 1.82) is 0 Å². The van der Waals surface area contributed by atoms with E-state index in [1.807, 2.05) is 24.3 Å². The van der Waals surface area contributed by atoms with Crippen LogP contribution in [0.3, 0.4) is 0 Å². The van der Waals surface area contributed by atoms with Crippen molar-refractivity contribution in [2.75, 3.05) is 11.9 Å². The molecular weight excluding hydrogens is 524 g/mol. The molecule has 1 atom stereocenters. The summed E-state index contributed by atoms with van der Waals surface area (Å²) < 4.78 is 33.8. The normalized spacial score (nSPS) is 12.3. The molecule has 0 aliphatic rings. The zero-order chi connectivity index (χ0) is 24.1. The Morgan fingerprint density at radius 2 is 1.74 bits per heavy atom. The molecule has 0 spiro atoms. The standard InChI is InChI=1S/C23H19BrN4O5S/c24-16-5-11-19(12-6-16)34(31,32)28-21(14-29)22(30)26-17-7-9-18(10-8-17)33-23-20-4-2-1-3-15(20)13-25-27-23/h1-13,21,28-29H,14H2,(H,26,30). The third-order valence-electron chi connectivity index (χ3n) is 4.79. The van der Waals surface area contributed by atoms with E-state index in [1.165, 1.54) is 12.1 Å². The third kappa shape index (κ3) is 5.57. The maximum Gasteiger partial charge on any atom is 0.246 e. The van der Waals surface area contributed by atoms with E-state index in [-0.39, 0.29) is 4.90 Å². The van der Waals surface area contributed by atoms with E-state index in [2.05, 4.69) is 36.2 Å². The lowest BCUT2D eigenvalue weighted by Gasteiger charge is -2.16. The SMILES string of the molecule is O=C(Nc1ccc(Oc2nncc3ccccc23)cc1)C(CO)NS(=O)(=O)c1ccc(Br)cc1. The highest BCUT2D eigenvalue weighted by atomic mass is 79.9. The summed E-state index contributed by atoms with van der Waals surface area (Å²) >= 11 is 3.24. The molecule has 0 saturated heterocycles. The van der Waals surface area contributed by atoms with Gasteiger partial charge in [-0.15, -0.1) is 5.10 Å². The predicted octanol–water partition coefficient (Wildman–Crippen LogP) is 3.46. The lowest BCUT2D eigenvalue weighted by atomic mass is 10.2. The highest BCUT2D eigenvalue weighted by molar-refractivity contribution is 9.10. The number of halogens is 1. The zero-order valence-corrected chi connectivity index (χ0v) is 20.0. The van der Waals surface area contributed by atoms with Crippen LogP contribution in [0.2, 0.25) is 0 Å². The molecule has 174 valence electrons. The van der Waals surface area contributed by atoms with E-state index in [0.29, 0.717) is 21.8 Å². The number of hydrogen-bond donors (Lipinski definition) is 3. The van der Waals surface area contributed by atoms with Gasteiger partial charge in [-0.25, -0.2) is 8.42 Å². The molecule has 0 aliphatic carbocycles. The Hall–Kier alpha value is -3.38. The van der Waals surface area contributed by atoms with Gasteiger partial charge in [-0.1, -0.05) is 34.1 Å². The van der Waals surface area contributed by atoms with Crippen LogP contribution >= 0.6 is 15.9 Å². The topological polar surface area (TPSA) is 131 Å². The van der Waals surface area contributed by atoms with Crippen molar-refractivity contribution in [2.45, 2.75) is 10.9 Å². The van der Waals surface area contributed by atoms with Gasteiger partial charge in [0.05, 0.1) is 17.7 Å². The van der Waals surface area contributed by atoms with Crippen molar-refractivity contribution < 1.29 is 23.1 Å². The lowest BCUT2D eigenvalue weighted by Crippen LogP contribution is -2.46. The maximum atomic E-state index is 12.6. The number of ether oxygens (including phenoxy) is 1. The Labute approximate surface area is 204 Å².